The molecule has 0 aliphatic carbocycles. The lowest BCUT2D eigenvalue weighted by atomic mass is 10.2. The predicted molar refractivity (Wildman–Crippen MR) is 137 cm³/mol. The Labute approximate surface area is 208 Å². The highest BCUT2D eigenvalue weighted by molar-refractivity contribution is 7.80. The van der Waals surface area contributed by atoms with Crippen molar-refractivity contribution in [2.45, 2.75) is 0 Å². The number of benzene rings is 3. The third-order valence-electron chi connectivity index (χ3n) is 4.47. The summed E-state index contributed by atoms with van der Waals surface area (Å²) in [6.07, 6.45) is 0. The maximum atomic E-state index is 12.5. The van der Waals surface area contributed by atoms with Gasteiger partial charge in [-0.1, -0.05) is 46.9 Å². The monoisotopic (exact) mass is 521 g/mol. The minimum Gasteiger partial charge on any atom is -0.495 e. The number of aromatic nitrogens is 1. The van der Waals surface area contributed by atoms with Gasteiger partial charge in [0, 0.05) is 11.1 Å². The van der Waals surface area contributed by atoms with Gasteiger partial charge in [-0.05, 0) is 54.7 Å². The summed E-state index contributed by atoms with van der Waals surface area (Å²) in [6.45, 7) is 0. The summed E-state index contributed by atoms with van der Waals surface area (Å²) < 4.78 is 6.14. The van der Waals surface area contributed by atoms with Gasteiger partial charge in [-0.25, -0.2) is 4.98 Å². The van der Waals surface area contributed by atoms with E-state index in [2.05, 4.69) is 15.6 Å². The zero-order valence-corrected chi connectivity index (χ0v) is 20.3. The number of nitrogens with one attached hydrogen (secondary N) is 2. The molecule has 32 heavy (non-hydrogen) atoms. The number of methoxy groups -OCH3 is 1. The number of hydrogen-bond acceptors (Lipinski definition) is 5. The van der Waals surface area contributed by atoms with E-state index < -0.39 is 5.91 Å². The zero-order valence-electron chi connectivity index (χ0n) is 16.4. The molecular weight excluding hydrogens is 509 g/mol. The first kappa shape index (κ1) is 22.8. The number of anilines is 1. The summed E-state index contributed by atoms with van der Waals surface area (Å²) in [6, 6.07) is 15.9. The van der Waals surface area contributed by atoms with Crippen LogP contribution < -0.4 is 15.4 Å². The molecule has 4 rings (SSSR count). The van der Waals surface area contributed by atoms with Crippen molar-refractivity contribution in [3.05, 3.63) is 75.2 Å². The number of carbonyl (C=O) groups excluding carboxylic acids is 1. The molecule has 0 unspecified atom stereocenters. The number of fused-ring (bicyclic) bond motifs is 1. The van der Waals surface area contributed by atoms with Crippen molar-refractivity contribution in [2.24, 2.45) is 0 Å². The standard InChI is InChI=1S/C22H14Cl3N3O2S2/c1-30-18-7-6-11(8-15(18)25)20(29)28-22(31)27-17-9-12(13(23)10-14(17)24)21-26-16-4-2-3-5-19(16)32-21/h2-10H,1H3,(H2,27,28,29,31). The molecule has 1 amide bonds. The number of rotatable bonds is 4. The quantitative estimate of drug-likeness (QED) is 0.281. The van der Waals surface area contributed by atoms with Crippen LogP contribution in [0.4, 0.5) is 5.69 Å². The van der Waals surface area contributed by atoms with E-state index in [4.69, 9.17) is 51.8 Å². The normalized spacial score (nSPS) is 10.8. The number of carbonyl (C=O) groups is 1. The number of para-hydroxylation sites is 1. The number of thiazole rings is 1. The molecule has 5 nitrogen and oxygen atoms in total. The van der Waals surface area contributed by atoms with Crippen LogP contribution >= 0.6 is 58.4 Å². The van der Waals surface area contributed by atoms with Crippen LogP contribution in [0.1, 0.15) is 10.4 Å². The molecule has 4 aromatic rings. The summed E-state index contributed by atoms with van der Waals surface area (Å²) in [5, 5.41) is 7.51. The van der Waals surface area contributed by atoms with Crippen LogP contribution in [0.2, 0.25) is 15.1 Å². The molecule has 0 bridgehead atoms. The second kappa shape index (κ2) is 9.60. The van der Waals surface area contributed by atoms with E-state index in [1.165, 1.54) is 24.5 Å². The number of ether oxygens (including phenoxy) is 1. The molecule has 0 saturated carbocycles. The van der Waals surface area contributed by atoms with Crippen LogP contribution in [0.5, 0.6) is 5.75 Å². The second-order valence-corrected chi connectivity index (χ2v) is 9.22. The van der Waals surface area contributed by atoms with Crippen molar-refractivity contribution in [2.75, 3.05) is 12.4 Å². The average molecular weight is 523 g/mol. The maximum Gasteiger partial charge on any atom is 0.257 e. The Kier molecular flexibility index (Phi) is 6.83. The van der Waals surface area contributed by atoms with Crippen molar-refractivity contribution in [3.8, 4) is 16.3 Å². The van der Waals surface area contributed by atoms with E-state index in [1.807, 2.05) is 24.3 Å². The first-order chi connectivity index (χ1) is 15.4. The zero-order chi connectivity index (χ0) is 22.8. The van der Waals surface area contributed by atoms with Crippen LogP contribution in [0, 0.1) is 0 Å². The molecule has 0 fully saturated rings. The van der Waals surface area contributed by atoms with Gasteiger partial charge >= 0.3 is 0 Å². The Morgan fingerprint density at radius 1 is 1.03 bits per heavy atom. The molecule has 1 aromatic heterocycles. The topological polar surface area (TPSA) is 63.2 Å². The van der Waals surface area contributed by atoms with Gasteiger partial charge in [0.25, 0.3) is 5.91 Å². The van der Waals surface area contributed by atoms with Crippen molar-refractivity contribution in [3.63, 3.8) is 0 Å². The minimum absolute atomic E-state index is 0.0708. The Morgan fingerprint density at radius 2 is 1.81 bits per heavy atom. The maximum absolute atomic E-state index is 12.5. The Balaban J connectivity index is 1.54. The fraction of sp³-hybridized carbons (Fsp3) is 0.0455. The van der Waals surface area contributed by atoms with Gasteiger partial charge in [-0.2, -0.15) is 0 Å². The Morgan fingerprint density at radius 3 is 2.53 bits per heavy atom. The smallest absolute Gasteiger partial charge is 0.257 e. The molecule has 0 aliphatic heterocycles. The van der Waals surface area contributed by atoms with E-state index in [1.54, 1.807) is 24.3 Å². The van der Waals surface area contributed by atoms with E-state index in [9.17, 15) is 4.79 Å². The summed E-state index contributed by atoms with van der Waals surface area (Å²) >= 11 is 25.7. The minimum atomic E-state index is -0.427. The van der Waals surface area contributed by atoms with Crippen molar-refractivity contribution in [1.29, 1.82) is 0 Å². The van der Waals surface area contributed by atoms with E-state index in [0.29, 0.717) is 37.6 Å². The highest BCUT2D eigenvalue weighted by Gasteiger charge is 2.16. The SMILES string of the molecule is COc1ccc(C(=O)NC(=S)Nc2cc(-c3nc4ccccc4s3)c(Cl)cc2Cl)cc1Cl. The third kappa shape index (κ3) is 4.82. The van der Waals surface area contributed by atoms with Crippen LogP contribution in [0.15, 0.2) is 54.6 Å². The fourth-order valence-corrected chi connectivity index (χ4v) is 4.96. The molecule has 2 N–H and O–H groups in total. The molecular formula is C22H14Cl3N3O2S2. The van der Waals surface area contributed by atoms with Gasteiger partial charge in [-0.3, -0.25) is 10.1 Å². The molecule has 0 radical (unpaired) electrons. The van der Waals surface area contributed by atoms with Gasteiger partial charge in [-0.15, -0.1) is 11.3 Å². The lowest BCUT2D eigenvalue weighted by Gasteiger charge is -2.13. The number of hydrogen-bond donors (Lipinski definition) is 2. The molecule has 0 atom stereocenters. The van der Waals surface area contributed by atoms with Crippen molar-refractivity contribution >= 4 is 85.3 Å². The number of amides is 1. The number of thiocarbonyl (C=S) groups is 1. The van der Waals surface area contributed by atoms with Crippen LogP contribution in [-0.2, 0) is 0 Å². The van der Waals surface area contributed by atoms with E-state index in [0.717, 1.165) is 15.2 Å². The molecule has 0 saturated heterocycles. The van der Waals surface area contributed by atoms with Crippen molar-refractivity contribution < 1.29 is 9.53 Å². The van der Waals surface area contributed by atoms with E-state index in [-0.39, 0.29) is 5.11 Å². The summed E-state index contributed by atoms with van der Waals surface area (Å²) in [4.78, 5) is 17.2. The summed E-state index contributed by atoms with van der Waals surface area (Å²) in [7, 11) is 1.50. The fourth-order valence-electron chi connectivity index (χ4n) is 2.93. The number of nitrogens with zero attached hydrogens (tertiary/aromatic N) is 1. The van der Waals surface area contributed by atoms with Gasteiger partial charge in [0.15, 0.2) is 5.11 Å². The average Bonchev–Trinajstić information content (AvgIpc) is 3.19. The van der Waals surface area contributed by atoms with Crippen LogP contribution in [-0.4, -0.2) is 23.1 Å². The van der Waals surface area contributed by atoms with Gasteiger partial charge in [0.05, 0.1) is 38.1 Å². The molecule has 1 heterocycles. The molecule has 10 heteroatoms. The second-order valence-electron chi connectivity index (χ2n) is 6.56. The number of halogens is 3. The first-order valence-corrected chi connectivity index (χ1v) is 11.5. The molecule has 3 aromatic carbocycles. The lowest BCUT2D eigenvalue weighted by molar-refractivity contribution is 0.0977. The van der Waals surface area contributed by atoms with Crippen LogP contribution in [0.3, 0.4) is 0 Å². The molecule has 0 aliphatic rings. The van der Waals surface area contributed by atoms with Crippen LogP contribution in [0.25, 0.3) is 20.8 Å². The highest BCUT2D eigenvalue weighted by Crippen LogP contribution is 2.39. The summed E-state index contributed by atoms with van der Waals surface area (Å²) in [5.41, 5.74) is 2.41. The molecule has 162 valence electrons. The van der Waals surface area contributed by atoms with Gasteiger partial charge < -0.3 is 10.1 Å². The third-order valence-corrected chi connectivity index (χ3v) is 6.66. The van der Waals surface area contributed by atoms with Gasteiger partial charge in [0.1, 0.15) is 10.8 Å². The summed E-state index contributed by atoms with van der Waals surface area (Å²) in [5.74, 6) is 0.0442. The Bertz CT molecular complexity index is 1320. The largest absolute Gasteiger partial charge is 0.495 e. The Hall–Kier alpha value is -2.42. The van der Waals surface area contributed by atoms with Crippen molar-refractivity contribution in [1.82, 2.24) is 10.3 Å². The first-order valence-electron chi connectivity index (χ1n) is 9.16. The highest BCUT2D eigenvalue weighted by atomic mass is 35.5. The lowest BCUT2D eigenvalue weighted by Crippen LogP contribution is -2.34. The van der Waals surface area contributed by atoms with Gasteiger partial charge in [0.2, 0.25) is 0 Å². The molecule has 0 spiro atoms. The predicted octanol–water partition coefficient (Wildman–Crippen LogP) is 7.06. The van der Waals surface area contributed by atoms with E-state index >= 15 is 0 Å².